The lowest BCUT2D eigenvalue weighted by molar-refractivity contribution is 0.0945. The fraction of sp³-hybridized carbons (Fsp3) is 0.273. The molecule has 0 bridgehead atoms. The van der Waals surface area contributed by atoms with E-state index in [0.717, 1.165) is 46.2 Å². The van der Waals surface area contributed by atoms with Gasteiger partial charge in [-0.15, -0.1) is 0 Å². The summed E-state index contributed by atoms with van der Waals surface area (Å²) in [5.74, 6) is 0.780. The number of hydrogen-bond donors (Lipinski definition) is 2. The minimum atomic E-state index is -0.176. The average molecular weight is 362 g/mol. The maximum atomic E-state index is 12.6. The van der Waals surface area contributed by atoms with Gasteiger partial charge in [0.25, 0.3) is 5.91 Å². The second-order valence-corrected chi connectivity index (χ2v) is 6.99. The molecule has 0 saturated carbocycles. The van der Waals surface area contributed by atoms with Gasteiger partial charge in [-0.1, -0.05) is 18.2 Å². The fourth-order valence-corrected chi connectivity index (χ4v) is 3.78. The first-order valence-corrected chi connectivity index (χ1v) is 9.16. The van der Waals surface area contributed by atoms with Gasteiger partial charge in [-0.2, -0.15) is 0 Å². The first-order valence-electron chi connectivity index (χ1n) is 9.16. The highest BCUT2D eigenvalue weighted by atomic mass is 16.5. The van der Waals surface area contributed by atoms with Gasteiger partial charge in [0.1, 0.15) is 11.4 Å². The summed E-state index contributed by atoms with van der Waals surface area (Å²) in [6, 6.07) is 12.0. The molecule has 5 nitrogen and oxygen atoms in total. The first kappa shape index (κ1) is 17.3. The van der Waals surface area contributed by atoms with Gasteiger partial charge in [-0.05, 0) is 59.9 Å². The van der Waals surface area contributed by atoms with Crippen LogP contribution in [0.4, 0.5) is 0 Å². The molecule has 2 N–H and O–H groups in total. The normalized spacial score (nSPS) is 13.5. The molecule has 27 heavy (non-hydrogen) atoms. The lowest BCUT2D eigenvalue weighted by Crippen LogP contribution is -2.24. The number of aromatic amines is 1. The summed E-state index contributed by atoms with van der Waals surface area (Å²) in [5.41, 5.74) is 3.89. The Labute approximate surface area is 157 Å². The Morgan fingerprint density at radius 1 is 1.15 bits per heavy atom. The molecule has 5 heteroatoms. The lowest BCUT2D eigenvalue weighted by atomic mass is 9.94. The Kier molecular flexibility index (Phi) is 4.44. The number of methoxy groups -OCH3 is 1. The molecular weight excluding hydrogens is 340 g/mol. The predicted octanol–water partition coefficient (Wildman–Crippen LogP) is 3.93. The smallest absolute Gasteiger partial charge is 0.268 e. The Hall–Kier alpha value is -3.08. The molecule has 1 aliphatic rings. The monoisotopic (exact) mass is 362 g/mol. The maximum absolute atomic E-state index is 12.6. The van der Waals surface area contributed by atoms with Crippen molar-refractivity contribution in [1.29, 1.82) is 0 Å². The predicted molar refractivity (Wildman–Crippen MR) is 104 cm³/mol. The summed E-state index contributed by atoms with van der Waals surface area (Å²) in [5, 5.41) is 5.15. The van der Waals surface area contributed by atoms with E-state index in [1.54, 1.807) is 7.11 Å². The number of Topliss-reactive ketones (excluding diaryl/α,β-unsaturated/α-hetero) is 1. The van der Waals surface area contributed by atoms with Crippen LogP contribution in [0.25, 0.3) is 10.8 Å². The molecule has 0 unspecified atom stereocenters. The molecule has 1 heterocycles. The van der Waals surface area contributed by atoms with Crippen molar-refractivity contribution in [3.8, 4) is 5.75 Å². The number of ether oxygens (including phenoxy) is 1. The summed E-state index contributed by atoms with van der Waals surface area (Å²) in [6.07, 6.45) is 2.23. The van der Waals surface area contributed by atoms with Gasteiger partial charge in [0.05, 0.1) is 7.11 Å². The highest BCUT2D eigenvalue weighted by molar-refractivity contribution is 6.04. The first-order chi connectivity index (χ1) is 13.1. The van der Waals surface area contributed by atoms with Gasteiger partial charge in [0, 0.05) is 24.2 Å². The molecule has 4 rings (SSSR count). The van der Waals surface area contributed by atoms with Gasteiger partial charge in [0.15, 0.2) is 5.78 Å². The van der Waals surface area contributed by atoms with Crippen LogP contribution in [0, 0.1) is 6.92 Å². The van der Waals surface area contributed by atoms with E-state index >= 15 is 0 Å². The van der Waals surface area contributed by atoms with Crippen LogP contribution in [-0.4, -0.2) is 23.8 Å². The van der Waals surface area contributed by atoms with E-state index in [0.29, 0.717) is 24.2 Å². The van der Waals surface area contributed by atoms with Crippen molar-refractivity contribution in [2.24, 2.45) is 0 Å². The van der Waals surface area contributed by atoms with E-state index < -0.39 is 0 Å². The molecule has 0 atom stereocenters. The summed E-state index contributed by atoms with van der Waals surface area (Å²) in [4.78, 5) is 27.9. The highest BCUT2D eigenvalue weighted by Gasteiger charge is 2.26. The number of H-pyrrole nitrogens is 1. The standard InChI is InChI=1S/C22H22N2O3/c1-13-20-18(4-3-5-19(20)25)24-21(13)22(26)23-12-14-6-7-16-11-17(27-2)9-8-15(16)10-14/h6-11,24H,3-5,12H2,1-2H3,(H,23,26). The topological polar surface area (TPSA) is 71.2 Å². The van der Waals surface area contributed by atoms with Gasteiger partial charge in [-0.25, -0.2) is 0 Å². The molecule has 138 valence electrons. The fourth-order valence-electron chi connectivity index (χ4n) is 3.78. The number of hydrogen-bond acceptors (Lipinski definition) is 3. The molecule has 0 saturated heterocycles. The number of aryl methyl sites for hydroxylation is 1. The Bertz CT molecular complexity index is 1050. The second kappa shape index (κ2) is 6.91. The minimum Gasteiger partial charge on any atom is -0.497 e. The third kappa shape index (κ3) is 3.21. The summed E-state index contributed by atoms with van der Waals surface area (Å²) in [6.45, 7) is 2.27. The highest BCUT2D eigenvalue weighted by Crippen LogP contribution is 2.26. The third-order valence-corrected chi connectivity index (χ3v) is 5.23. The number of carbonyl (C=O) groups excluding carboxylic acids is 2. The average Bonchev–Trinajstić information content (AvgIpc) is 3.03. The van der Waals surface area contributed by atoms with E-state index in [9.17, 15) is 9.59 Å². The number of amides is 1. The molecule has 2 aromatic carbocycles. The lowest BCUT2D eigenvalue weighted by Gasteiger charge is -2.09. The number of carbonyl (C=O) groups is 2. The Morgan fingerprint density at radius 3 is 2.70 bits per heavy atom. The van der Waals surface area contributed by atoms with Crippen molar-refractivity contribution in [3.05, 3.63) is 64.5 Å². The molecule has 1 aromatic heterocycles. The molecular formula is C22H22N2O3. The van der Waals surface area contributed by atoms with Gasteiger partial charge in [-0.3, -0.25) is 9.59 Å². The van der Waals surface area contributed by atoms with E-state index in [4.69, 9.17) is 4.74 Å². The molecule has 0 fully saturated rings. The van der Waals surface area contributed by atoms with E-state index in [1.807, 2.05) is 37.3 Å². The van der Waals surface area contributed by atoms with Crippen molar-refractivity contribution in [2.45, 2.75) is 32.7 Å². The van der Waals surface area contributed by atoms with Gasteiger partial charge in [0.2, 0.25) is 0 Å². The van der Waals surface area contributed by atoms with Crippen molar-refractivity contribution in [2.75, 3.05) is 7.11 Å². The summed E-state index contributed by atoms with van der Waals surface area (Å²) in [7, 11) is 1.65. The van der Waals surface area contributed by atoms with Crippen LogP contribution < -0.4 is 10.1 Å². The molecule has 1 amide bonds. The van der Waals surface area contributed by atoms with Crippen LogP contribution in [-0.2, 0) is 13.0 Å². The molecule has 0 radical (unpaired) electrons. The third-order valence-electron chi connectivity index (χ3n) is 5.23. The number of ketones is 1. The van der Waals surface area contributed by atoms with Crippen molar-refractivity contribution >= 4 is 22.5 Å². The number of fused-ring (bicyclic) bond motifs is 2. The van der Waals surface area contributed by atoms with Crippen LogP contribution in [0.5, 0.6) is 5.75 Å². The minimum absolute atomic E-state index is 0.133. The molecule has 0 spiro atoms. The Balaban J connectivity index is 1.51. The Morgan fingerprint density at radius 2 is 1.93 bits per heavy atom. The zero-order valence-corrected chi connectivity index (χ0v) is 15.5. The quantitative estimate of drug-likeness (QED) is 0.739. The van der Waals surface area contributed by atoms with Crippen LogP contribution in [0.2, 0.25) is 0 Å². The molecule has 0 aliphatic heterocycles. The van der Waals surface area contributed by atoms with E-state index in [-0.39, 0.29) is 11.7 Å². The number of benzene rings is 2. The number of aromatic nitrogens is 1. The van der Waals surface area contributed by atoms with Crippen LogP contribution in [0.3, 0.4) is 0 Å². The molecule has 3 aromatic rings. The van der Waals surface area contributed by atoms with Crippen molar-refractivity contribution < 1.29 is 14.3 Å². The summed E-state index contributed by atoms with van der Waals surface area (Å²) >= 11 is 0. The second-order valence-electron chi connectivity index (χ2n) is 6.99. The largest absolute Gasteiger partial charge is 0.497 e. The van der Waals surface area contributed by atoms with Crippen LogP contribution >= 0.6 is 0 Å². The van der Waals surface area contributed by atoms with Crippen molar-refractivity contribution in [3.63, 3.8) is 0 Å². The van der Waals surface area contributed by atoms with E-state index in [2.05, 4.69) is 16.4 Å². The van der Waals surface area contributed by atoms with Gasteiger partial charge < -0.3 is 15.0 Å². The molecule has 1 aliphatic carbocycles. The maximum Gasteiger partial charge on any atom is 0.268 e. The zero-order chi connectivity index (χ0) is 19.0. The van der Waals surface area contributed by atoms with Crippen LogP contribution in [0.15, 0.2) is 36.4 Å². The van der Waals surface area contributed by atoms with Gasteiger partial charge >= 0.3 is 0 Å². The summed E-state index contributed by atoms with van der Waals surface area (Å²) < 4.78 is 5.25. The van der Waals surface area contributed by atoms with Crippen LogP contribution in [0.1, 0.15) is 50.5 Å². The number of nitrogens with one attached hydrogen (secondary N) is 2. The zero-order valence-electron chi connectivity index (χ0n) is 15.5. The SMILES string of the molecule is COc1ccc2cc(CNC(=O)c3[nH]c4c(c3C)C(=O)CCC4)ccc2c1. The van der Waals surface area contributed by atoms with E-state index in [1.165, 1.54) is 0 Å². The number of rotatable bonds is 4. The van der Waals surface area contributed by atoms with Crippen molar-refractivity contribution in [1.82, 2.24) is 10.3 Å².